The van der Waals surface area contributed by atoms with Gasteiger partial charge in [0.05, 0.1) is 12.8 Å². The summed E-state index contributed by atoms with van der Waals surface area (Å²) in [5.74, 6) is -0.126. The summed E-state index contributed by atoms with van der Waals surface area (Å²) in [5, 5.41) is 7.13. The monoisotopic (exact) mass is 354 g/mol. The molecule has 7 heteroatoms. The van der Waals surface area contributed by atoms with E-state index in [9.17, 15) is 9.18 Å². The molecule has 0 saturated carbocycles. The Bertz CT molecular complexity index is 935. The van der Waals surface area contributed by atoms with Crippen LogP contribution in [0.25, 0.3) is 5.82 Å². The third kappa shape index (κ3) is 3.72. The van der Waals surface area contributed by atoms with Gasteiger partial charge in [-0.15, -0.1) is 0 Å². The molecule has 0 radical (unpaired) electrons. The summed E-state index contributed by atoms with van der Waals surface area (Å²) in [6.45, 7) is 4.18. The molecule has 0 aliphatic heterocycles. The number of aryl methyl sites for hydroxylation is 2. The Morgan fingerprint density at radius 2 is 2.04 bits per heavy atom. The third-order valence-electron chi connectivity index (χ3n) is 3.90. The average molecular weight is 354 g/mol. The number of rotatable bonds is 5. The predicted molar refractivity (Wildman–Crippen MR) is 95.0 cm³/mol. The van der Waals surface area contributed by atoms with E-state index in [2.05, 4.69) is 15.4 Å². The summed E-state index contributed by atoms with van der Waals surface area (Å²) in [6.07, 6.45) is 1.68. The van der Waals surface area contributed by atoms with E-state index in [4.69, 9.17) is 4.74 Å². The van der Waals surface area contributed by atoms with Crippen LogP contribution in [0.1, 0.15) is 27.3 Å². The normalized spacial score (nSPS) is 10.6. The van der Waals surface area contributed by atoms with E-state index in [-0.39, 0.29) is 23.8 Å². The second-order valence-corrected chi connectivity index (χ2v) is 5.90. The van der Waals surface area contributed by atoms with Crippen molar-refractivity contribution >= 4 is 5.91 Å². The van der Waals surface area contributed by atoms with Crippen LogP contribution in [0, 0.1) is 19.7 Å². The van der Waals surface area contributed by atoms with Crippen LogP contribution in [0.4, 0.5) is 4.39 Å². The molecule has 0 atom stereocenters. The Kier molecular flexibility index (Phi) is 4.97. The van der Waals surface area contributed by atoms with Gasteiger partial charge in [-0.25, -0.2) is 14.1 Å². The highest BCUT2D eigenvalue weighted by molar-refractivity contribution is 5.94. The minimum atomic E-state index is -0.573. The van der Waals surface area contributed by atoms with Gasteiger partial charge in [-0.05, 0) is 49.7 Å². The van der Waals surface area contributed by atoms with E-state index in [0.29, 0.717) is 5.82 Å². The summed E-state index contributed by atoms with van der Waals surface area (Å²) in [5.41, 5.74) is 2.98. The van der Waals surface area contributed by atoms with E-state index in [1.54, 1.807) is 10.9 Å². The molecule has 0 aliphatic carbocycles. The van der Waals surface area contributed by atoms with Crippen molar-refractivity contribution in [3.8, 4) is 11.6 Å². The van der Waals surface area contributed by atoms with Gasteiger partial charge in [0.2, 0.25) is 0 Å². The van der Waals surface area contributed by atoms with Gasteiger partial charge in [-0.1, -0.05) is 6.07 Å². The van der Waals surface area contributed by atoms with Crippen molar-refractivity contribution in [3.63, 3.8) is 0 Å². The van der Waals surface area contributed by atoms with Crippen LogP contribution < -0.4 is 10.1 Å². The van der Waals surface area contributed by atoms with Gasteiger partial charge in [-0.2, -0.15) is 5.10 Å². The predicted octanol–water partition coefficient (Wildman–Crippen LogP) is 2.96. The Morgan fingerprint density at radius 3 is 2.62 bits per heavy atom. The summed E-state index contributed by atoms with van der Waals surface area (Å²) >= 11 is 0. The van der Waals surface area contributed by atoms with E-state index in [1.807, 2.05) is 32.0 Å². The molecule has 134 valence electrons. The molecule has 2 aromatic heterocycles. The van der Waals surface area contributed by atoms with Crippen LogP contribution in [0.2, 0.25) is 0 Å². The zero-order valence-electron chi connectivity index (χ0n) is 14.8. The minimum Gasteiger partial charge on any atom is -0.494 e. The molecule has 0 aliphatic rings. The second kappa shape index (κ2) is 7.35. The van der Waals surface area contributed by atoms with Crippen molar-refractivity contribution in [2.45, 2.75) is 20.4 Å². The lowest BCUT2D eigenvalue weighted by atomic mass is 10.2. The molecular weight excluding hydrogens is 335 g/mol. The summed E-state index contributed by atoms with van der Waals surface area (Å²) in [6, 6.07) is 9.78. The zero-order chi connectivity index (χ0) is 18.7. The van der Waals surface area contributed by atoms with Gasteiger partial charge in [0, 0.05) is 24.0 Å². The highest BCUT2D eigenvalue weighted by atomic mass is 19.1. The molecule has 0 spiro atoms. The maximum Gasteiger partial charge on any atom is 0.251 e. The Labute approximate surface area is 150 Å². The van der Waals surface area contributed by atoms with Crippen molar-refractivity contribution in [1.82, 2.24) is 20.1 Å². The standard InChI is InChI=1S/C19H19FN4O2/c1-12-8-13(2)24(23-12)18-7-4-14(10-21-18)11-22-19(25)15-5-6-17(26-3)16(20)9-15/h4-10H,11H2,1-3H3,(H,22,25). The average Bonchev–Trinajstić information content (AvgIpc) is 2.98. The molecule has 0 fully saturated rings. The molecule has 3 aromatic rings. The van der Waals surface area contributed by atoms with Crippen LogP contribution >= 0.6 is 0 Å². The molecule has 26 heavy (non-hydrogen) atoms. The van der Waals surface area contributed by atoms with Crippen molar-refractivity contribution in [2.24, 2.45) is 0 Å². The SMILES string of the molecule is COc1ccc(C(=O)NCc2ccc(-n3nc(C)cc3C)nc2)cc1F. The number of hydrogen-bond donors (Lipinski definition) is 1. The quantitative estimate of drug-likeness (QED) is 0.765. The van der Waals surface area contributed by atoms with Crippen LogP contribution in [0.3, 0.4) is 0 Å². The number of carbonyl (C=O) groups excluding carboxylic acids is 1. The zero-order valence-corrected chi connectivity index (χ0v) is 14.8. The number of nitrogens with one attached hydrogen (secondary N) is 1. The molecule has 1 amide bonds. The number of nitrogens with zero attached hydrogens (tertiary/aromatic N) is 3. The first kappa shape index (κ1) is 17.6. The summed E-state index contributed by atoms with van der Waals surface area (Å²) in [7, 11) is 1.38. The van der Waals surface area contributed by atoms with E-state index in [0.717, 1.165) is 23.0 Å². The number of halogens is 1. The van der Waals surface area contributed by atoms with Crippen LogP contribution in [0.5, 0.6) is 5.75 Å². The van der Waals surface area contributed by atoms with E-state index in [1.165, 1.54) is 19.2 Å². The van der Waals surface area contributed by atoms with Gasteiger partial charge in [-0.3, -0.25) is 4.79 Å². The van der Waals surface area contributed by atoms with E-state index < -0.39 is 5.82 Å². The lowest BCUT2D eigenvalue weighted by Gasteiger charge is -2.08. The second-order valence-electron chi connectivity index (χ2n) is 5.90. The Hall–Kier alpha value is -3.22. The topological polar surface area (TPSA) is 69.0 Å². The largest absolute Gasteiger partial charge is 0.494 e. The number of methoxy groups -OCH3 is 1. The van der Waals surface area contributed by atoms with Gasteiger partial charge in [0.1, 0.15) is 0 Å². The molecule has 0 bridgehead atoms. The number of aromatic nitrogens is 3. The summed E-state index contributed by atoms with van der Waals surface area (Å²) in [4.78, 5) is 16.5. The van der Waals surface area contributed by atoms with Gasteiger partial charge in [0.15, 0.2) is 17.4 Å². The number of ether oxygens (including phenoxy) is 1. The fraction of sp³-hybridized carbons (Fsp3) is 0.211. The van der Waals surface area contributed by atoms with Crippen LogP contribution in [-0.2, 0) is 6.54 Å². The number of carbonyl (C=O) groups is 1. The van der Waals surface area contributed by atoms with Crippen molar-refractivity contribution in [2.75, 3.05) is 7.11 Å². The molecular formula is C19H19FN4O2. The van der Waals surface area contributed by atoms with Crippen molar-refractivity contribution in [1.29, 1.82) is 0 Å². The molecule has 1 aromatic carbocycles. The maximum atomic E-state index is 13.7. The molecule has 1 N–H and O–H groups in total. The molecule has 6 nitrogen and oxygen atoms in total. The number of hydrogen-bond acceptors (Lipinski definition) is 4. The number of pyridine rings is 1. The highest BCUT2D eigenvalue weighted by Crippen LogP contribution is 2.17. The van der Waals surface area contributed by atoms with Crippen molar-refractivity contribution < 1.29 is 13.9 Å². The lowest BCUT2D eigenvalue weighted by Crippen LogP contribution is -2.23. The van der Waals surface area contributed by atoms with E-state index >= 15 is 0 Å². The molecule has 3 rings (SSSR count). The third-order valence-corrected chi connectivity index (χ3v) is 3.90. The summed E-state index contributed by atoms with van der Waals surface area (Å²) < 4.78 is 20.3. The van der Waals surface area contributed by atoms with Crippen LogP contribution in [-0.4, -0.2) is 27.8 Å². The number of amides is 1. The first-order chi connectivity index (χ1) is 12.5. The van der Waals surface area contributed by atoms with Crippen molar-refractivity contribution in [3.05, 3.63) is 70.9 Å². The van der Waals surface area contributed by atoms with Gasteiger partial charge < -0.3 is 10.1 Å². The smallest absolute Gasteiger partial charge is 0.251 e. The molecule has 0 unspecified atom stereocenters. The minimum absolute atomic E-state index is 0.102. The van der Waals surface area contributed by atoms with Gasteiger partial charge in [0.25, 0.3) is 5.91 Å². The molecule has 2 heterocycles. The maximum absolute atomic E-state index is 13.7. The fourth-order valence-corrected chi connectivity index (χ4v) is 2.60. The molecule has 0 saturated heterocycles. The Morgan fingerprint density at radius 1 is 1.23 bits per heavy atom. The van der Waals surface area contributed by atoms with Gasteiger partial charge >= 0.3 is 0 Å². The highest BCUT2D eigenvalue weighted by Gasteiger charge is 2.10. The Balaban J connectivity index is 1.65. The van der Waals surface area contributed by atoms with Crippen LogP contribution in [0.15, 0.2) is 42.6 Å². The number of benzene rings is 1. The lowest BCUT2D eigenvalue weighted by molar-refractivity contribution is 0.0950. The fourth-order valence-electron chi connectivity index (χ4n) is 2.60. The first-order valence-electron chi connectivity index (χ1n) is 8.08. The first-order valence-corrected chi connectivity index (χ1v) is 8.08.